The lowest BCUT2D eigenvalue weighted by Crippen LogP contribution is -2.24. The molecule has 1 heterocycles. The van der Waals surface area contributed by atoms with Crippen LogP contribution in [0.15, 0.2) is 55.3 Å². The first-order chi connectivity index (χ1) is 12.0. The van der Waals surface area contributed by atoms with Gasteiger partial charge in [0.25, 0.3) is 11.8 Å². The Bertz CT molecular complexity index is 800. The number of aromatic nitrogens is 1. The lowest BCUT2D eigenvalue weighted by Gasteiger charge is -2.08. The Morgan fingerprint density at radius 3 is 2.28 bits per heavy atom. The fourth-order valence-electron chi connectivity index (χ4n) is 2.00. The van der Waals surface area contributed by atoms with Gasteiger partial charge in [0, 0.05) is 36.6 Å². The Balaban J connectivity index is 2.06. The highest BCUT2D eigenvalue weighted by Crippen LogP contribution is 2.14. The summed E-state index contributed by atoms with van der Waals surface area (Å²) in [6.45, 7) is 5.28. The Hall–Kier alpha value is -3.48. The van der Waals surface area contributed by atoms with Crippen LogP contribution in [0.4, 0.5) is 11.4 Å². The molecule has 0 fully saturated rings. The Morgan fingerprint density at radius 2 is 1.68 bits per heavy atom. The number of hydrogen-bond acceptors (Lipinski definition) is 4. The van der Waals surface area contributed by atoms with Crippen LogP contribution in [0.25, 0.3) is 0 Å². The third-order valence-electron chi connectivity index (χ3n) is 3.12. The van der Waals surface area contributed by atoms with Gasteiger partial charge in [-0.2, -0.15) is 0 Å². The molecule has 0 unspecified atom stereocenters. The zero-order valence-electron chi connectivity index (χ0n) is 13.7. The van der Waals surface area contributed by atoms with Crippen molar-refractivity contribution in [3.05, 3.63) is 66.5 Å². The monoisotopic (exact) mass is 338 g/mol. The minimum absolute atomic E-state index is 0.122. The van der Waals surface area contributed by atoms with Gasteiger partial charge >= 0.3 is 0 Å². The molecule has 2 aromatic rings. The molecule has 1 aromatic carbocycles. The number of carbonyl (C=O) groups excluding carboxylic acids is 3. The lowest BCUT2D eigenvalue weighted by molar-refractivity contribution is -0.114. The number of amides is 3. The summed E-state index contributed by atoms with van der Waals surface area (Å²) in [7, 11) is 0. The van der Waals surface area contributed by atoms with Gasteiger partial charge < -0.3 is 16.0 Å². The molecule has 1 aromatic heterocycles. The average Bonchev–Trinajstić information content (AvgIpc) is 2.61. The molecule has 0 aliphatic rings. The van der Waals surface area contributed by atoms with Gasteiger partial charge in [-0.05, 0) is 36.4 Å². The molecule has 128 valence electrons. The molecule has 0 aliphatic carbocycles. The first-order valence-corrected chi connectivity index (χ1v) is 7.53. The van der Waals surface area contributed by atoms with Crippen molar-refractivity contribution in [1.82, 2.24) is 10.3 Å². The molecule has 0 atom stereocenters. The van der Waals surface area contributed by atoms with E-state index in [9.17, 15) is 14.4 Å². The number of carbonyl (C=O) groups is 3. The smallest absolute Gasteiger partial charge is 0.274 e. The molecule has 0 saturated heterocycles. The summed E-state index contributed by atoms with van der Waals surface area (Å²) in [6, 6.07) is 9.59. The maximum atomic E-state index is 12.3. The SMILES string of the molecule is C=CCNC(=O)c1ccnc(C(=O)Nc2ccc(NC(C)=O)cc2)c1. The molecule has 0 bridgehead atoms. The summed E-state index contributed by atoms with van der Waals surface area (Å²) in [6.07, 6.45) is 2.97. The zero-order chi connectivity index (χ0) is 18.2. The van der Waals surface area contributed by atoms with E-state index in [-0.39, 0.29) is 17.5 Å². The number of pyridine rings is 1. The summed E-state index contributed by atoms with van der Waals surface area (Å²) in [5.41, 5.74) is 1.63. The fourth-order valence-corrected chi connectivity index (χ4v) is 2.00. The molecule has 0 spiro atoms. The van der Waals surface area contributed by atoms with Crippen molar-refractivity contribution in [2.45, 2.75) is 6.92 Å². The summed E-state index contributed by atoms with van der Waals surface area (Å²) in [5.74, 6) is -0.922. The number of benzene rings is 1. The molecule has 7 heteroatoms. The predicted molar refractivity (Wildman–Crippen MR) is 95.5 cm³/mol. The van der Waals surface area contributed by atoms with Gasteiger partial charge in [-0.15, -0.1) is 6.58 Å². The molecule has 25 heavy (non-hydrogen) atoms. The van der Waals surface area contributed by atoms with Crippen molar-refractivity contribution in [2.24, 2.45) is 0 Å². The minimum Gasteiger partial charge on any atom is -0.349 e. The van der Waals surface area contributed by atoms with Crippen LogP contribution in [-0.4, -0.2) is 29.3 Å². The number of nitrogens with one attached hydrogen (secondary N) is 3. The second-order valence-electron chi connectivity index (χ2n) is 5.14. The van der Waals surface area contributed by atoms with E-state index in [1.807, 2.05) is 0 Å². The number of anilines is 2. The van der Waals surface area contributed by atoms with Crippen LogP contribution in [0, 0.1) is 0 Å². The Labute approximate surface area is 145 Å². The van der Waals surface area contributed by atoms with E-state index < -0.39 is 5.91 Å². The lowest BCUT2D eigenvalue weighted by atomic mass is 10.2. The first-order valence-electron chi connectivity index (χ1n) is 7.53. The number of rotatable bonds is 6. The van der Waals surface area contributed by atoms with Gasteiger partial charge in [0.2, 0.25) is 5.91 Å². The van der Waals surface area contributed by atoms with Gasteiger partial charge in [0.05, 0.1) is 0 Å². The summed E-state index contributed by atoms with van der Waals surface area (Å²) in [5, 5.41) is 7.96. The number of hydrogen-bond donors (Lipinski definition) is 3. The van der Waals surface area contributed by atoms with Crippen molar-refractivity contribution in [3.8, 4) is 0 Å². The van der Waals surface area contributed by atoms with Crippen molar-refractivity contribution < 1.29 is 14.4 Å². The van der Waals surface area contributed by atoms with Crippen LogP contribution in [0.2, 0.25) is 0 Å². The summed E-state index contributed by atoms with van der Waals surface area (Å²) < 4.78 is 0. The average molecular weight is 338 g/mol. The molecule has 0 aliphatic heterocycles. The summed E-state index contributed by atoms with van der Waals surface area (Å²) >= 11 is 0. The fraction of sp³-hybridized carbons (Fsp3) is 0.111. The third kappa shape index (κ3) is 5.28. The van der Waals surface area contributed by atoms with Gasteiger partial charge in [-0.25, -0.2) is 0 Å². The van der Waals surface area contributed by atoms with E-state index >= 15 is 0 Å². The standard InChI is InChI=1S/C18H18N4O3/c1-3-9-20-17(24)13-8-10-19-16(11-13)18(25)22-15-6-4-14(5-7-15)21-12(2)23/h3-8,10-11H,1,9H2,2H3,(H,20,24)(H,21,23)(H,22,25). The van der Waals surface area contributed by atoms with E-state index in [2.05, 4.69) is 27.5 Å². The van der Waals surface area contributed by atoms with Crippen molar-refractivity contribution in [1.29, 1.82) is 0 Å². The highest BCUT2D eigenvalue weighted by molar-refractivity contribution is 6.05. The molecular weight excluding hydrogens is 320 g/mol. The van der Waals surface area contributed by atoms with Crippen molar-refractivity contribution in [3.63, 3.8) is 0 Å². The second kappa shape index (κ2) is 8.39. The summed E-state index contributed by atoms with van der Waals surface area (Å²) in [4.78, 5) is 39.2. The van der Waals surface area contributed by atoms with Crippen LogP contribution in [0.1, 0.15) is 27.8 Å². The third-order valence-corrected chi connectivity index (χ3v) is 3.12. The van der Waals surface area contributed by atoms with Crippen LogP contribution in [0.3, 0.4) is 0 Å². The molecular formula is C18H18N4O3. The van der Waals surface area contributed by atoms with Gasteiger partial charge in [-0.3, -0.25) is 19.4 Å². The quantitative estimate of drug-likeness (QED) is 0.703. The van der Waals surface area contributed by atoms with E-state index in [1.165, 1.54) is 25.3 Å². The molecule has 3 N–H and O–H groups in total. The largest absolute Gasteiger partial charge is 0.349 e. The van der Waals surface area contributed by atoms with Crippen LogP contribution in [0.5, 0.6) is 0 Å². The minimum atomic E-state index is -0.439. The Kier molecular flexibility index (Phi) is 6.00. The van der Waals surface area contributed by atoms with Gasteiger partial charge in [0.15, 0.2) is 0 Å². The molecule has 3 amide bonds. The zero-order valence-corrected chi connectivity index (χ0v) is 13.7. The highest BCUT2D eigenvalue weighted by atomic mass is 16.2. The number of nitrogens with zero attached hydrogens (tertiary/aromatic N) is 1. The maximum Gasteiger partial charge on any atom is 0.274 e. The van der Waals surface area contributed by atoms with Crippen LogP contribution < -0.4 is 16.0 Å². The Morgan fingerprint density at radius 1 is 1.04 bits per heavy atom. The van der Waals surface area contributed by atoms with Crippen molar-refractivity contribution in [2.75, 3.05) is 17.2 Å². The van der Waals surface area contributed by atoms with E-state index in [0.29, 0.717) is 23.5 Å². The molecule has 7 nitrogen and oxygen atoms in total. The first kappa shape index (κ1) is 17.9. The molecule has 2 rings (SSSR count). The molecule has 0 radical (unpaired) electrons. The van der Waals surface area contributed by atoms with Crippen LogP contribution in [-0.2, 0) is 4.79 Å². The van der Waals surface area contributed by atoms with Crippen LogP contribution >= 0.6 is 0 Å². The highest BCUT2D eigenvalue weighted by Gasteiger charge is 2.12. The van der Waals surface area contributed by atoms with Gasteiger partial charge in [-0.1, -0.05) is 6.08 Å². The van der Waals surface area contributed by atoms with E-state index in [0.717, 1.165) is 0 Å². The van der Waals surface area contributed by atoms with E-state index in [1.54, 1.807) is 30.3 Å². The second-order valence-corrected chi connectivity index (χ2v) is 5.14. The normalized spacial score (nSPS) is 9.80. The van der Waals surface area contributed by atoms with Gasteiger partial charge in [0.1, 0.15) is 5.69 Å². The molecule has 0 saturated carbocycles. The maximum absolute atomic E-state index is 12.3. The topological polar surface area (TPSA) is 100 Å². The van der Waals surface area contributed by atoms with E-state index in [4.69, 9.17) is 0 Å². The predicted octanol–water partition coefficient (Wildman–Crippen LogP) is 2.21. The van der Waals surface area contributed by atoms with Crippen molar-refractivity contribution >= 4 is 29.1 Å².